The molecule has 4 aromatic carbocycles. The van der Waals surface area contributed by atoms with Gasteiger partial charge in [0.05, 0.1) is 11.4 Å². The summed E-state index contributed by atoms with van der Waals surface area (Å²) in [6, 6.07) is 32.7. The Hall–Kier alpha value is -5.40. The number of anilines is 2. The number of ketones is 1. The molecule has 0 atom stereocenters. The summed E-state index contributed by atoms with van der Waals surface area (Å²) in [6.07, 6.45) is 3.32. The Morgan fingerprint density at radius 2 is 1.60 bits per heavy atom. The van der Waals surface area contributed by atoms with Crippen LogP contribution in [0.3, 0.4) is 0 Å². The Morgan fingerprint density at radius 1 is 0.867 bits per heavy atom. The number of thiophene rings is 1. The van der Waals surface area contributed by atoms with Crippen LogP contribution in [0.25, 0.3) is 38.7 Å². The summed E-state index contributed by atoms with van der Waals surface area (Å²) in [5.41, 5.74) is 13.2. The lowest BCUT2D eigenvalue weighted by Crippen LogP contribution is -2.12. The molecule has 0 saturated heterocycles. The lowest BCUT2D eigenvalue weighted by molar-refractivity contribution is 0.102. The topological polar surface area (TPSA) is 85.1 Å². The third-order valence-electron chi connectivity index (χ3n) is 7.57. The number of benzene rings is 4. The standard InChI is InChI=1S/C38H30FN3O2S/c1-23(2)25-14-11-24(12-15-25)13-20-33(43)28-9-6-10-30(21-28)41-37(44)36-35(40)34-31(26-7-4-3-5-8-26)22-32(42-38(34)45-36)27-16-18-29(39)19-17-27/h3-23H,40H2,1-2H3,(H,41,44). The number of nitrogens with zero attached hydrogens (tertiary/aromatic N) is 1. The van der Waals surface area contributed by atoms with Crippen LogP contribution in [0.2, 0.25) is 0 Å². The van der Waals surface area contributed by atoms with Crippen molar-refractivity contribution < 1.29 is 14.0 Å². The molecule has 1 amide bonds. The number of halogens is 1. The quantitative estimate of drug-likeness (QED) is 0.133. The molecule has 0 aliphatic heterocycles. The number of aromatic nitrogens is 1. The largest absolute Gasteiger partial charge is 0.397 e. The van der Waals surface area contributed by atoms with Crippen LogP contribution in [0.4, 0.5) is 15.8 Å². The van der Waals surface area contributed by atoms with Crippen molar-refractivity contribution in [3.05, 3.63) is 143 Å². The average Bonchev–Trinajstić information content (AvgIpc) is 3.40. The van der Waals surface area contributed by atoms with Crippen LogP contribution in [0.5, 0.6) is 0 Å². The van der Waals surface area contributed by atoms with Crippen LogP contribution in [-0.4, -0.2) is 16.7 Å². The molecule has 2 aromatic heterocycles. The maximum atomic E-state index is 13.6. The van der Waals surface area contributed by atoms with Crippen LogP contribution in [0.15, 0.2) is 115 Å². The van der Waals surface area contributed by atoms with Crippen LogP contribution in [0, 0.1) is 5.82 Å². The zero-order valence-corrected chi connectivity index (χ0v) is 25.6. The first-order valence-corrected chi connectivity index (χ1v) is 15.4. The smallest absolute Gasteiger partial charge is 0.267 e. The van der Waals surface area contributed by atoms with Crippen molar-refractivity contribution >= 4 is 50.7 Å². The monoisotopic (exact) mass is 611 g/mol. The highest BCUT2D eigenvalue weighted by molar-refractivity contribution is 7.21. The Bertz CT molecular complexity index is 2050. The van der Waals surface area contributed by atoms with E-state index in [4.69, 9.17) is 10.7 Å². The van der Waals surface area contributed by atoms with E-state index in [9.17, 15) is 14.0 Å². The van der Waals surface area contributed by atoms with Crippen molar-refractivity contribution in [3.8, 4) is 22.4 Å². The molecule has 0 saturated carbocycles. The van der Waals surface area contributed by atoms with E-state index in [1.54, 1.807) is 42.5 Å². The van der Waals surface area contributed by atoms with Crippen molar-refractivity contribution in [2.24, 2.45) is 0 Å². The highest BCUT2D eigenvalue weighted by atomic mass is 32.1. The molecule has 0 radical (unpaired) electrons. The molecule has 0 fully saturated rings. The summed E-state index contributed by atoms with van der Waals surface area (Å²) in [5, 5.41) is 3.58. The molecular weight excluding hydrogens is 582 g/mol. The molecule has 3 N–H and O–H groups in total. The number of hydrogen-bond donors (Lipinski definition) is 2. The number of fused-ring (bicyclic) bond motifs is 1. The summed E-state index contributed by atoms with van der Waals surface area (Å²) in [6.45, 7) is 4.28. The van der Waals surface area contributed by atoms with E-state index in [1.807, 2.05) is 48.5 Å². The van der Waals surface area contributed by atoms with E-state index in [2.05, 4.69) is 31.3 Å². The van der Waals surface area contributed by atoms with Crippen LogP contribution in [-0.2, 0) is 0 Å². The highest BCUT2D eigenvalue weighted by Crippen LogP contribution is 2.41. The van der Waals surface area contributed by atoms with Gasteiger partial charge in [0.1, 0.15) is 15.5 Å². The number of carbonyl (C=O) groups excluding carboxylic acids is 2. The van der Waals surface area contributed by atoms with E-state index < -0.39 is 5.91 Å². The molecule has 0 bridgehead atoms. The van der Waals surface area contributed by atoms with Gasteiger partial charge in [-0.25, -0.2) is 9.37 Å². The molecule has 5 nitrogen and oxygen atoms in total. The van der Waals surface area contributed by atoms with Gasteiger partial charge in [0, 0.05) is 22.2 Å². The zero-order chi connectivity index (χ0) is 31.5. The predicted molar refractivity (Wildman–Crippen MR) is 183 cm³/mol. The van der Waals surface area contributed by atoms with E-state index in [0.29, 0.717) is 43.6 Å². The van der Waals surface area contributed by atoms with Gasteiger partial charge in [0.15, 0.2) is 5.78 Å². The minimum atomic E-state index is -0.400. The summed E-state index contributed by atoms with van der Waals surface area (Å²) in [5.74, 6) is -0.471. The molecule has 7 heteroatoms. The average molecular weight is 612 g/mol. The number of rotatable bonds is 8. The van der Waals surface area contributed by atoms with Gasteiger partial charge >= 0.3 is 0 Å². The second kappa shape index (κ2) is 12.7. The molecule has 2 heterocycles. The van der Waals surface area contributed by atoms with Gasteiger partial charge in [0.25, 0.3) is 5.91 Å². The lowest BCUT2D eigenvalue weighted by atomic mass is 9.99. The van der Waals surface area contributed by atoms with E-state index >= 15 is 0 Å². The van der Waals surface area contributed by atoms with Gasteiger partial charge in [-0.3, -0.25) is 9.59 Å². The fourth-order valence-electron chi connectivity index (χ4n) is 5.10. The molecule has 6 aromatic rings. The number of nitrogens with one attached hydrogen (secondary N) is 1. The molecule has 0 spiro atoms. The minimum absolute atomic E-state index is 0.176. The van der Waals surface area contributed by atoms with Gasteiger partial charge in [0.2, 0.25) is 0 Å². The maximum Gasteiger partial charge on any atom is 0.267 e. The molecule has 0 unspecified atom stereocenters. The molecular formula is C38H30FN3O2S. The van der Waals surface area contributed by atoms with Gasteiger partial charge in [-0.2, -0.15) is 0 Å². The molecule has 222 valence electrons. The van der Waals surface area contributed by atoms with Crippen molar-refractivity contribution in [2.45, 2.75) is 19.8 Å². The fourth-order valence-corrected chi connectivity index (χ4v) is 6.12. The molecule has 0 aliphatic carbocycles. The third-order valence-corrected chi connectivity index (χ3v) is 8.66. The van der Waals surface area contributed by atoms with Crippen LogP contribution >= 0.6 is 11.3 Å². The lowest BCUT2D eigenvalue weighted by Gasteiger charge is -2.09. The van der Waals surface area contributed by atoms with Crippen molar-refractivity contribution in [1.82, 2.24) is 4.98 Å². The number of nitrogens with two attached hydrogens (primary N) is 1. The van der Waals surface area contributed by atoms with E-state index in [1.165, 1.54) is 35.1 Å². The zero-order valence-electron chi connectivity index (χ0n) is 24.8. The number of pyridine rings is 1. The molecule has 0 aliphatic rings. The molecule has 6 rings (SSSR count). The number of carbonyl (C=O) groups is 2. The minimum Gasteiger partial charge on any atom is -0.397 e. The second-order valence-electron chi connectivity index (χ2n) is 11.0. The van der Waals surface area contributed by atoms with Gasteiger partial charge in [-0.15, -0.1) is 11.3 Å². The van der Waals surface area contributed by atoms with Crippen molar-refractivity contribution in [1.29, 1.82) is 0 Å². The summed E-state index contributed by atoms with van der Waals surface area (Å²) >= 11 is 1.19. The predicted octanol–water partition coefficient (Wildman–Crippen LogP) is 9.62. The van der Waals surface area contributed by atoms with Crippen LogP contribution in [0.1, 0.15) is 50.9 Å². The second-order valence-corrected chi connectivity index (χ2v) is 12.0. The van der Waals surface area contributed by atoms with Gasteiger partial charge in [-0.05, 0) is 76.7 Å². The molecule has 45 heavy (non-hydrogen) atoms. The Labute approximate surface area is 264 Å². The SMILES string of the molecule is CC(C)c1ccc(C=CC(=O)c2cccc(NC(=O)c3sc4nc(-c5ccc(F)cc5)cc(-c5ccccc5)c4c3N)c2)cc1. The van der Waals surface area contributed by atoms with E-state index in [-0.39, 0.29) is 11.6 Å². The van der Waals surface area contributed by atoms with Crippen LogP contribution < -0.4 is 11.1 Å². The normalized spacial score (nSPS) is 11.4. The summed E-state index contributed by atoms with van der Waals surface area (Å²) in [7, 11) is 0. The van der Waals surface area contributed by atoms with Gasteiger partial charge < -0.3 is 11.1 Å². The van der Waals surface area contributed by atoms with Crippen molar-refractivity contribution in [3.63, 3.8) is 0 Å². The summed E-state index contributed by atoms with van der Waals surface area (Å²) < 4.78 is 13.6. The fraction of sp³-hybridized carbons (Fsp3) is 0.0789. The Kier molecular flexibility index (Phi) is 8.36. The number of amides is 1. The number of allylic oxidation sites excluding steroid dienone is 1. The highest BCUT2D eigenvalue weighted by Gasteiger charge is 2.22. The first-order chi connectivity index (χ1) is 21.8. The van der Waals surface area contributed by atoms with E-state index in [0.717, 1.165) is 22.3 Å². The van der Waals surface area contributed by atoms with Crippen molar-refractivity contribution in [2.75, 3.05) is 11.1 Å². The first-order valence-electron chi connectivity index (χ1n) is 14.5. The Morgan fingerprint density at radius 3 is 2.31 bits per heavy atom. The maximum absolute atomic E-state index is 13.6. The first kappa shape index (κ1) is 29.7. The number of nitrogen functional groups attached to an aromatic ring is 1. The summed E-state index contributed by atoms with van der Waals surface area (Å²) in [4.78, 5) is 32.2. The van der Waals surface area contributed by atoms with Gasteiger partial charge in [-0.1, -0.05) is 86.7 Å². The Balaban J connectivity index is 1.29. The number of hydrogen-bond acceptors (Lipinski definition) is 5. The third kappa shape index (κ3) is 6.44.